The van der Waals surface area contributed by atoms with E-state index < -0.39 is 10.0 Å². The van der Waals surface area contributed by atoms with Crippen molar-refractivity contribution in [2.24, 2.45) is 5.11 Å². The van der Waals surface area contributed by atoms with Crippen LogP contribution >= 0.6 is 10.0 Å². The van der Waals surface area contributed by atoms with Crippen LogP contribution in [0, 0.1) is 0 Å². The van der Waals surface area contributed by atoms with E-state index in [1.165, 1.54) is 14.7 Å². The maximum atomic E-state index is 8.16. The molecule has 3 rings (SSSR count). The molecule has 0 fully saturated rings. The Morgan fingerprint density at radius 2 is 0.586 bits per heavy atom. The van der Waals surface area contributed by atoms with E-state index >= 15 is 0 Å². The van der Waals surface area contributed by atoms with Crippen LogP contribution in [0.1, 0.15) is 6.42 Å². The Balaban J connectivity index is 1.03. The molecule has 0 heterocycles. The molecule has 0 spiro atoms. The lowest BCUT2D eigenvalue weighted by Gasteiger charge is -2.41. The van der Waals surface area contributed by atoms with Crippen LogP contribution in [0.2, 0.25) is 0 Å². The number of azide groups is 1. The van der Waals surface area contributed by atoms with Gasteiger partial charge >= 0.3 is 0 Å². The molecule has 3 aromatic carbocycles. The predicted molar refractivity (Wildman–Crippen MR) is 224 cm³/mol. The van der Waals surface area contributed by atoms with E-state index in [4.69, 9.17) is 57.6 Å². The normalized spacial score (nSPS) is 11.8. The van der Waals surface area contributed by atoms with E-state index in [0.29, 0.717) is 152 Å². The van der Waals surface area contributed by atoms with Gasteiger partial charge in [0.1, 0.15) is 0 Å². The maximum Gasteiger partial charge on any atom is 0.0701 e. The van der Waals surface area contributed by atoms with Gasteiger partial charge in [-0.05, 0) is 68.8 Å². The van der Waals surface area contributed by atoms with E-state index in [0.717, 1.165) is 12.2 Å². The molecule has 0 saturated heterocycles. The highest BCUT2D eigenvalue weighted by atomic mass is 32.3. The van der Waals surface area contributed by atoms with Gasteiger partial charge in [0, 0.05) is 18.1 Å². The number of rotatable bonds is 40. The van der Waals surface area contributed by atoms with Gasteiger partial charge in [-0.15, -0.1) is 0 Å². The Morgan fingerprint density at radius 3 is 0.845 bits per heavy atom. The molecule has 0 aliphatic heterocycles. The van der Waals surface area contributed by atoms with Crippen molar-refractivity contribution >= 4 is 10.0 Å². The van der Waals surface area contributed by atoms with E-state index in [1.54, 1.807) is 0 Å². The Bertz CT molecular complexity index is 1300. The second kappa shape index (κ2) is 35.8. The van der Waals surface area contributed by atoms with Crippen molar-refractivity contribution in [2.75, 3.05) is 158 Å². The van der Waals surface area contributed by atoms with Crippen LogP contribution in [0.15, 0.2) is 111 Å². The summed E-state index contributed by atoms with van der Waals surface area (Å²) in [4.78, 5) is 6.76. The minimum Gasteiger partial charge on any atom is -0.379 e. The Hall–Kier alpha value is -3.12. The third-order valence-corrected chi connectivity index (χ3v) is 12.4. The Kier molecular flexibility index (Phi) is 30.4. The molecule has 14 nitrogen and oxygen atoms in total. The molecule has 0 radical (unpaired) electrons. The summed E-state index contributed by atoms with van der Waals surface area (Å²) in [5.41, 5.74) is 8.16. The summed E-state index contributed by atoms with van der Waals surface area (Å²) in [6.07, 6.45) is 0.948. The van der Waals surface area contributed by atoms with Gasteiger partial charge in [0.15, 0.2) is 0 Å². The van der Waals surface area contributed by atoms with Crippen molar-refractivity contribution < 1.29 is 52.1 Å². The summed E-state index contributed by atoms with van der Waals surface area (Å²) in [5.74, 6) is 1.01. The highest BCUT2D eigenvalue weighted by molar-refractivity contribution is 8.33. The van der Waals surface area contributed by atoms with Crippen molar-refractivity contribution in [3.8, 4) is 0 Å². The number of nitrogens with zero attached hydrogens (tertiary/aromatic N) is 3. The molecule has 0 aliphatic carbocycles. The first kappa shape index (κ1) is 49.2. The molecule has 0 atom stereocenters. The number of hydrogen-bond donors (Lipinski definition) is 0. The van der Waals surface area contributed by atoms with Crippen molar-refractivity contribution in [3.63, 3.8) is 0 Å². The monoisotopic (exact) mass is 831 g/mol. The fourth-order valence-corrected chi connectivity index (χ4v) is 9.49. The van der Waals surface area contributed by atoms with Crippen molar-refractivity contribution in [2.45, 2.75) is 21.1 Å². The highest BCUT2D eigenvalue weighted by Crippen LogP contribution is 2.68. The average molecular weight is 832 g/mol. The lowest BCUT2D eigenvalue weighted by atomic mass is 10.4. The molecular formula is C43H65N3O11S. The zero-order valence-electron chi connectivity index (χ0n) is 34.1. The van der Waals surface area contributed by atoms with Crippen LogP contribution in [0.4, 0.5) is 0 Å². The summed E-state index contributed by atoms with van der Waals surface area (Å²) in [6, 6.07) is 32.7. The predicted octanol–water partition coefficient (Wildman–Crippen LogP) is 6.85. The fraction of sp³-hybridized carbons (Fsp3) is 0.581. The van der Waals surface area contributed by atoms with Crippen LogP contribution in [-0.4, -0.2) is 158 Å². The Morgan fingerprint density at radius 1 is 0.345 bits per heavy atom. The largest absolute Gasteiger partial charge is 0.379 e. The molecule has 0 aromatic heterocycles. The molecular weight excluding hydrogens is 767 g/mol. The van der Waals surface area contributed by atoms with Crippen molar-refractivity contribution in [1.82, 2.24) is 0 Å². The third kappa shape index (κ3) is 22.9. The van der Waals surface area contributed by atoms with Crippen LogP contribution in [0.25, 0.3) is 10.4 Å². The molecule has 0 N–H and O–H groups in total. The van der Waals surface area contributed by atoms with Crippen LogP contribution in [-0.2, 0) is 52.1 Å². The molecule has 0 saturated carbocycles. The molecule has 58 heavy (non-hydrogen) atoms. The van der Waals surface area contributed by atoms with Crippen molar-refractivity contribution in [3.05, 3.63) is 101 Å². The zero-order valence-corrected chi connectivity index (χ0v) is 34.9. The number of hydrogen-bond acceptors (Lipinski definition) is 12. The van der Waals surface area contributed by atoms with Crippen LogP contribution < -0.4 is 0 Å². The van der Waals surface area contributed by atoms with Crippen molar-refractivity contribution in [1.29, 1.82) is 0 Å². The second-order valence-corrected chi connectivity index (χ2v) is 15.7. The molecule has 3 aromatic rings. The molecule has 324 valence electrons. The zero-order chi connectivity index (χ0) is 40.7. The fourth-order valence-electron chi connectivity index (χ4n) is 5.55. The smallest absolute Gasteiger partial charge is 0.0701 e. The standard InChI is InChI=1S/C43H65N3O11S/c44-46-45-17-19-48-21-23-50-25-27-52-29-31-54-33-35-56-37-39-57-38-36-55-34-32-53-30-28-51-26-24-49-22-20-47-18-10-40-58(41-11-4-1-5-12-41,42-13-6-2-7-14-42)43-15-8-3-9-16-43/h1-9,11-16H,10,17-40H2. The molecule has 15 heteroatoms. The minimum absolute atomic E-state index is 0.326. The Labute approximate surface area is 346 Å². The summed E-state index contributed by atoms with van der Waals surface area (Å²) >= 11 is 0. The maximum absolute atomic E-state index is 8.16. The van der Waals surface area contributed by atoms with Gasteiger partial charge in [0.05, 0.1) is 139 Å². The average Bonchev–Trinajstić information content (AvgIpc) is 3.27. The van der Waals surface area contributed by atoms with Gasteiger partial charge in [0.2, 0.25) is 0 Å². The van der Waals surface area contributed by atoms with E-state index in [1.807, 2.05) is 0 Å². The molecule has 0 unspecified atom stereocenters. The lowest BCUT2D eigenvalue weighted by Crippen LogP contribution is -2.15. The molecule has 0 bridgehead atoms. The van der Waals surface area contributed by atoms with Gasteiger partial charge in [-0.25, -0.2) is 0 Å². The number of ether oxygens (including phenoxy) is 11. The summed E-state index contributed by atoms with van der Waals surface area (Å²) in [5, 5.41) is 3.38. The van der Waals surface area contributed by atoms with Gasteiger partial charge in [-0.1, -0.05) is 59.7 Å². The second-order valence-electron chi connectivity index (χ2n) is 12.4. The quantitative estimate of drug-likeness (QED) is 0.0256. The summed E-state index contributed by atoms with van der Waals surface area (Å²) in [6.45, 7) is 11.4. The minimum atomic E-state index is -1.43. The summed E-state index contributed by atoms with van der Waals surface area (Å²) < 4.78 is 60.9. The highest BCUT2D eigenvalue weighted by Gasteiger charge is 2.30. The van der Waals surface area contributed by atoms with E-state index in [-0.39, 0.29) is 0 Å². The topological polar surface area (TPSA) is 150 Å². The lowest BCUT2D eigenvalue weighted by molar-refractivity contribution is -0.0274. The van der Waals surface area contributed by atoms with Gasteiger partial charge in [0.25, 0.3) is 0 Å². The molecule has 0 aliphatic rings. The number of benzene rings is 3. The van der Waals surface area contributed by atoms with E-state index in [9.17, 15) is 0 Å². The van der Waals surface area contributed by atoms with Gasteiger partial charge in [-0.2, -0.15) is 10.0 Å². The van der Waals surface area contributed by atoms with Gasteiger partial charge < -0.3 is 52.1 Å². The summed E-state index contributed by atoms with van der Waals surface area (Å²) in [7, 11) is -1.43. The van der Waals surface area contributed by atoms with Crippen LogP contribution in [0.5, 0.6) is 0 Å². The first-order chi connectivity index (χ1) is 28.9. The third-order valence-electron chi connectivity index (χ3n) is 8.29. The van der Waals surface area contributed by atoms with E-state index in [2.05, 4.69) is 101 Å². The first-order valence-corrected chi connectivity index (χ1v) is 22.0. The SMILES string of the molecule is [N-]=[N+]=NCCOCCOCCOCCOCCOCCOCCOCCOCCOCCOCCOCCCS(c1ccccc1)(c1ccccc1)c1ccccc1. The first-order valence-electron chi connectivity index (χ1n) is 20.2. The molecule has 0 amide bonds. The van der Waals surface area contributed by atoms with Gasteiger partial charge in [-0.3, -0.25) is 0 Å². The van der Waals surface area contributed by atoms with Crippen LogP contribution in [0.3, 0.4) is 0 Å².